The third-order valence-corrected chi connectivity index (χ3v) is 4.18. The molecule has 4 heteroatoms. The fraction of sp³-hybridized carbons (Fsp3) is 0.385. The molecule has 0 saturated carbocycles. The molecule has 1 atom stereocenters. The first-order chi connectivity index (χ1) is 8.15. The third kappa shape index (κ3) is 5.13. The van der Waals surface area contributed by atoms with Crippen LogP contribution in [0.25, 0.3) is 0 Å². The van der Waals surface area contributed by atoms with E-state index >= 15 is 0 Å². The number of esters is 1. The van der Waals surface area contributed by atoms with E-state index in [0.717, 1.165) is 11.3 Å². The Morgan fingerprint density at radius 1 is 1.41 bits per heavy atom. The van der Waals surface area contributed by atoms with Gasteiger partial charge in [0.05, 0.1) is 12.4 Å². The number of carbonyl (C=O) groups is 1. The SMILES string of the molecule is C/C=S(\CC(=O)OCC)Cc1ccc(F)cc1. The summed E-state index contributed by atoms with van der Waals surface area (Å²) in [6, 6.07) is 6.39. The summed E-state index contributed by atoms with van der Waals surface area (Å²) in [5.74, 6) is 0.757. The van der Waals surface area contributed by atoms with Crippen molar-refractivity contribution in [3.63, 3.8) is 0 Å². The lowest BCUT2D eigenvalue weighted by Crippen LogP contribution is -2.08. The molecule has 0 aromatic heterocycles. The Labute approximate surface area is 104 Å². The van der Waals surface area contributed by atoms with Gasteiger partial charge in [0.15, 0.2) is 0 Å². The molecule has 1 rings (SSSR count). The van der Waals surface area contributed by atoms with Crippen LogP contribution in [0.5, 0.6) is 0 Å². The van der Waals surface area contributed by atoms with E-state index in [1.807, 2.05) is 12.3 Å². The van der Waals surface area contributed by atoms with Crippen molar-refractivity contribution >= 4 is 21.8 Å². The van der Waals surface area contributed by atoms with Gasteiger partial charge in [0.2, 0.25) is 0 Å². The van der Waals surface area contributed by atoms with E-state index in [9.17, 15) is 9.18 Å². The molecule has 0 spiro atoms. The molecule has 0 aliphatic carbocycles. The molecule has 0 saturated heterocycles. The van der Waals surface area contributed by atoms with Gasteiger partial charge < -0.3 is 4.74 Å². The molecule has 0 bridgehead atoms. The Morgan fingerprint density at radius 2 is 2.06 bits per heavy atom. The van der Waals surface area contributed by atoms with Crippen LogP contribution in [0.15, 0.2) is 24.3 Å². The lowest BCUT2D eigenvalue weighted by Gasteiger charge is -2.08. The molecule has 0 aliphatic rings. The average molecular weight is 256 g/mol. The van der Waals surface area contributed by atoms with Crippen molar-refractivity contribution in [2.75, 3.05) is 12.4 Å². The molecular formula is C13H17FO2S. The van der Waals surface area contributed by atoms with Gasteiger partial charge in [0.1, 0.15) is 5.82 Å². The first-order valence-corrected chi connectivity index (χ1v) is 7.14. The number of rotatable bonds is 5. The van der Waals surface area contributed by atoms with Crippen molar-refractivity contribution in [2.45, 2.75) is 19.6 Å². The topological polar surface area (TPSA) is 26.3 Å². The van der Waals surface area contributed by atoms with Gasteiger partial charge in [-0.3, -0.25) is 4.79 Å². The fourth-order valence-corrected chi connectivity index (χ4v) is 2.81. The van der Waals surface area contributed by atoms with Crippen molar-refractivity contribution < 1.29 is 13.9 Å². The van der Waals surface area contributed by atoms with E-state index < -0.39 is 0 Å². The Hall–Kier alpha value is -1.16. The van der Waals surface area contributed by atoms with Crippen molar-refractivity contribution in [1.29, 1.82) is 0 Å². The van der Waals surface area contributed by atoms with Gasteiger partial charge in [0, 0.05) is 5.75 Å². The molecule has 1 aromatic rings. The number of ether oxygens (including phenoxy) is 1. The highest BCUT2D eigenvalue weighted by Crippen LogP contribution is 2.20. The molecule has 0 amide bonds. The summed E-state index contributed by atoms with van der Waals surface area (Å²) in [5.41, 5.74) is 1.04. The molecule has 0 heterocycles. The second-order valence-electron chi connectivity index (χ2n) is 3.49. The van der Waals surface area contributed by atoms with Crippen LogP contribution in [0.2, 0.25) is 0 Å². The van der Waals surface area contributed by atoms with Crippen molar-refractivity contribution in [3.8, 4) is 0 Å². The zero-order valence-corrected chi connectivity index (χ0v) is 10.9. The predicted molar refractivity (Wildman–Crippen MR) is 70.9 cm³/mol. The second-order valence-corrected chi connectivity index (χ2v) is 5.62. The Morgan fingerprint density at radius 3 is 2.59 bits per heavy atom. The van der Waals surface area contributed by atoms with E-state index in [1.54, 1.807) is 19.1 Å². The maximum absolute atomic E-state index is 12.7. The number of hydrogen-bond donors (Lipinski definition) is 0. The van der Waals surface area contributed by atoms with E-state index in [1.165, 1.54) is 12.1 Å². The number of halogens is 1. The maximum Gasteiger partial charge on any atom is 0.315 e. The molecule has 0 aliphatic heterocycles. The van der Waals surface area contributed by atoms with Crippen LogP contribution < -0.4 is 0 Å². The zero-order valence-electron chi connectivity index (χ0n) is 10.1. The monoisotopic (exact) mass is 256 g/mol. The summed E-state index contributed by atoms with van der Waals surface area (Å²) in [6.07, 6.45) is 0. The summed E-state index contributed by atoms with van der Waals surface area (Å²) in [6.45, 7) is 4.15. The smallest absolute Gasteiger partial charge is 0.315 e. The molecule has 0 fully saturated rings. The fourth-order valence-electron chi connectivity index (χ4n) is 1.37. The molecule has 1 unspecified atom stereocenters. The molecular weight excluding hydrogens is 239 g/mol. The second kappa shape index (κ2) is 7.22. The average Bonchev–Trinajstić information content (AvgIpc) is 2.31. The predicted octanol–water partition coefficient (Wildman–Crippen LogP) is 2.98. The van der Waals surface area contributed by atoms with E-state index in [2.05, 4.69) is 0 Å². The largest absolute Gasteiger partial charge is 0.465 e. The number of carbonyl (C=O) groups excluding carboxylic acids is 1. The highest BCUT2D eigenvalue weighted by Gasteiger charge is 2.05. The quantitative estimate of drug-likeness (QED) is 0.598. The first-order valence-electron chi connectivity index (χ1n) is 5.51. The summed E-state index contributed by atoms with van der Waals surface area (Å²) in [4.78, 5) is 11.4. The van der Waals surface area contributed by atoms with Crippen LogP contribution in [-0.4, -0.2) is 23.7 Å². The van der Waals surface area contributed by atoms with Gasteiger partial charge in [0.25, 0.3) is 0 Å². The van der Waals surface area contributed by atoms with Crippen LogP contribution in [0.3, 0.4) is 0 Å². The number of hydrogen-bond acceptors (Lipinski definition) is 2. The van der Waals surface area contributed by atoms with Crippen LogP contribution in [-0.2, 0) is 15.3 Å². The summed E-state index contributed by atoms with van der Waals surface area (Å²) in [7, 11) is -0.143. The highest BCUT2D eigenvalue weighted by molar-refractivity contribution is 8.14. The minimum Gasteiger partial charge on any atom is -0.465 e. The lowest BCUT2D eigenvalue weighted by atomic mass is 10.2. The minimum absolute atomic E-state index is 0.143. The number of benzene rings is 1. The van der Waals surface area contributed by atoms with Gasteiger partial charge in [-0.2, -0.15) is 10.5 Å². The van der Waals surface area contributed by atoms with Crippen molar-refractivity contribution in [1.82, 2.24) is 0 Å². The van der Waals surface area contributed by atoms with Crippen LogP contribution in [0.4, 0.5) is 4.39 Å². The van der Waals surface area contributed by atoms with Gasteiger partial charge >= 0.3 is 5.97 Å². The molecule has 94 valence electrons. The molecule has 1 aromatic carbocycles. The van der Waals surface area contributed by atoms with Gasteiger partial charge in [-0.15, -0.1) is 0 Å². The Kier molecular flexibility index (Phi) is 5.91. The lowest BCUT2D eigenvalue weighted by molar-refractivity contribution is -0.139. The normalized spacial score (nSPS) is 12.4. The van der Waals surface area contributed by atoms with Gasteiger partial charge in [-0.25, -0.2) is 4.39 Å². The molecule has 0 radical (unpaired) electrons. The highest BCUT2D eigenvalue weighted by atomic mass is 32.2. The summed E-state index contributed by atoms with van der Waals surface area (Å²) in [5, 5.41) is 2.01. The van der Waals surface area contributed by atoms with E-state index in [-0.39, 0.29) is 22.3 Å². The summed E-state index contributed by atoms with van der Waals surface area (Å²) < 4.78 is 17.7. The van der Waals surface area contributed by atoms with Crippen LogP contribution >= 0.6 is 10.5 Å². The maximum atomic E-state index is 12.7. The van der Waals surface area contributed by atoms with E-state index in [0.29, 0.717) is 12.4 Å². The molecule has 17 heavy (non-hydrogen) atoms. The van der Waals surface area contributed by atoms with Gasteiger partial charge in [-0.1, -0.05) is 17.5 Å². The van der Waals surface area contributed by atoms with E-state index in [4.69, 9.17) is 4.74 Å². The van der Waals surface area contributed by atoms with Crippen molar-refractivity contribution in [2.24, 2.45) is 0 Å². The van der Waals surface area contributed by atoms with Gasteiger partial charge in [-0.05, 0) is 31.5 Å². The van der Waals surface area contributed by atoms with Crippen LogP contribution in [0.1, 0.15) is 19.4 Å². The first kappa shape index (κ1) is 13.9. The van der Waals surface area contributed by atoms with Crippen molar-refractivity contribution in [3.05, 3.63) is 35.6 Å². The Bertz CT molecular complexity index is 398. The molecule has 0 N–H and O–H groups in total. The Balaban J connectivity index is 2.58. The molecule has 2 nitrogen and oxygen atoms in total. The minimum atomic E-state index is -0.237. The third-order valence-electron chi connectivity index (χ3n) is 2.21. The van der Waals surface area contributed by atoms with Crippen LogP contribution in [0, 0.1) is 5.82 Å². The standard InChI is InChI=1S/C13H17FO2S/c1-3-16-13(15)10-17(4-2)9-11-5-7-12(14)8-6-11/h4-8H,3,9-10H2,1-2H3. The summed E-state index contributed by atoms with van der Waals surface area (Å²) >= 11 is 0. The zero-order chi connectivity index (χ0) is 12.7.